The Morgan fingerprint density at radius 1 is 0.971 bits per heavy atom. The molecule has 2 N–H and O–H groups in total. The Morgan fingerprint density at radius 3 is 2.23 bits per heavy atom. The molecule has 2 aliphatic rings. The van der Waals surface area contributed by atoms with Crippen LogP contribution in [-0.4, -0.2) is 50.8 Å². The average molecular weight is 499 g/mol. The third kappa shape index (κ3) is 4.26. The number of hydrogen-bond donors (Lipinski definition) is 2. The number of carbonyl (C=O) groups excluding carboxylic acids is 1. The number of anilines is 1. The molecule has 2 fully saturated rings. The molecule has 1 saturated carbocycles. The van der Waals surface area contributed by atoms with Crippen LogP contribution in [0.2, 0.25) is 0 Å². The van der Waals surface area contributed by atoms with E-state index in [1.807, 2.05) is 25.2 Å². The number of nitrogens with one attached hydrogen (secondary N) is 2. The number of urea groups is 1. The van der Waals surface area contributed by atoms with E-state index in [0.29, 0.717) is 30.8 Å². The molecule has 190 valence electrons. The number of likely N-dealkylation sites (N-methyl/N-ethyl adjacent to an activating group) is 1. The van der Waals surface area contributed by atoms with E-state index in [1.54, 1.807) is 19.5 Å². The SMILES string of the molecule is COc1ccc(C23CCC(NC(=O)Nc4c(F)c(F)c(F)c(F)c4F)CC2N(C)CC3)cc1OC. The molecule has 1 aliphatic heterocycles. The minimum atomic E-state index is -2.28. The molecule has 1 saturated heterocycles. The Kier molecular flexibility index (Phi) is 6.81. The van der Waals surface area contributed by atoms with Gasteiger partial charge in [-0.25, -0.2) is 26.7 Å². The van der Waals surface area contributed by atoms with Crippen LogP contribution in [0.4, 0.5) is 32.4 Å². The molecule has 0 aromatic heterocycles. The molecular formula is C24H26F5N3O3. The van der Waals surface area contributed by atoms with Gasteiger partial charge in [-0.3, -0.25) is 0 Å². The molecule has 6 nitrogen and oxygen atoms in total. The van der Waals surface area contributed by atoms with E-state index in [2.05, 4.69) is 10.2 Å². The number of fused-ring (bicyclic) bond motifs is 1. The first-order chi connectivity index (χ1) is 16.6. The maximum atomic E-state index is 13.9. The van der Waals surface area contributed by atoms with Crippen molar-refractivity contribution in [3.8, 4) is 11.5 Å². The Hall–Kier alpha value is -3.08. The summed E-state index contributed by atoms with van der Waals surface area (Å²) in [6.07, 6.45) is 2.71. The normalized spacial score (nSPS) is 24.1. The quantitative estimate of drug-likeness (QED) is 0.355. The van der Waals surface area contributed by atoms with Gasteiger partial charge in [0.05, 0.1) is 14.2 Å². The number of nitrogens with zero attached hydrogens (tertiary/aromatic N) is 1. The van der Waals surface area contributed by atoms with Crippen molar-refractivity contribution in [3.63, 3.8) is 0 Å². The summed E-state index contributed by atoms with van der Waals surface area (Å²) in [5, 5.41) is 4.41. The number of rotatable bonds is 5. The number of hydrogen-bond acceptors (Lipinski definition) is 4. The Balaban J connectivity index is 1.51. The summed E-state index contributed by atoms with van der Waals surface area (Å²) < 4.78 is 78.8. The Labute approximate surface area is 199 Å². The number of benzene rings is 2. The van der Waals surface area contributed by atoms with Gasteiger partial charge in [0, 0.05) is 17.5 Å². The first-order valence-corrected chi connectivity index (χ1v) is 11.1. The van der Waals surface area contributed by atoms with Crippen LogP contribution < -0.4 is 20.1 Å². The summed E-state index contributed by atoms with van der Waals surface area (Å²) in [7, 11) is 5.13. The zero-order valence-corrected chi connectivity index (χ0v) is 19.5. The van der Waals surface area contributed by atoms with Gasteiger partial charge < -0.3 is 25.0 Å². The van der Waals surface area contributed by atoms with Crippen LogP contribution >= 0.6 is 0 Å². The fraction of sp³-hybridized carbons (Fsp3) is 0.458. The molecule has 11 heteroatoms. The van der Waals surface area contributed by atoms with Crippen LogP contribution in [0.5, 0.6) is 11.5 Å². The molecule has 1 heterocycles. The van der Waals surface area contributed by atoms with Crippen molar-refractivity contribution >= 4 is 11.7 Å². The lowest BCUT2D eigenvalue weighted by molar-refractivity contribution is 0.156. The molecule has 3 unspecified atom stereocenters. The lowest BCUT2D eigenvalue weighted by atomic mass is 9.65. The number of halogens is 5. The smallest absolute Gasteiger partial charge is 0.319 e. The van der Waals surface area contributed by atoms with Gasteiger partial charge in [0.15, 0.2) is 34.8 Å². The van der Waals surface area contributed by atoms with Gasteiger partial charge in [0.25, 0.3) is 0 Å². The maximum absolute atomic E-state index is 13.9. The number of methoxy groups -OCH3 is 2. The third-order valence-electron chi connectivity index (χ3n) is 7.27. The largest absolute Gasteiger partial charge is 0.493 e. The predicted molar refractivity (Wildman–Crippen MR) is 118 cm³/mol. The molecule has 2 aromatic carbocycles. The highest BCUT2D eigenvalue weighted by Gasteiger charge is 2.50. The summed E-state index contributed by atoms with van der Waals surface area (Å²) in [5.74, 6) is -9.47. The number of likely N-dealkylation sites (tertiary alicyclic amines) is 1. The van der Waals surface area contributed by atoms with E-state index in [4.69, 9.17) is 9.47 Å². The highest BCUT2D eigenvalue weighted by Crippen LogP contribution is 2.49. The molecule has 35 heavy (non-hydrogen) atoms. The van der Waals surface area contributed by atoms with Crippen molar-refractivity contribution < 1.29 is 36.2 Å². The molecule has 0 radical (unpaired) electrons. The molecular weight excluding hydrogens is 473 g/mol. The summed E-state index contributed by atoms with van der Waals surface area (Å²) in [6.45, 7) is 0.836. The molecule has 0 bridgehead atoms. The molecule has 4 rings (SSSR count). The lowest BCUT2D eigenvalue weighted by Crippen LogP contribution is -2.52. The van der Waals surface area contributed by atoms with Crippen LogP contribution in [0.1, 0.15) is 31.2 Å². The summed E-state index contributed by atoms with van der Waals surface area (Å²) in [4.78, 5) is 14.6. The summed E-state index contributed by atoms with van der Waals surface area (Å²) in [5.41, 5.74) is -0.481. The predicted octanol–water partition coefficient (Wildman–Crippen LogP) is 4.72. The summed E-state index contributed by atoms with van der Waals surface area (Å²) >= 11 is 0. The standard InChI is InChI=1S/C24H26F5N3O3/c1-32-9-8-24(12-4-5-14(34-2)15(10-12)35-3)7-6-13(11-16(24)32)30-23(33)31-22-20(28)18(26)17(25)19(27)21(22)29/h4-5,10,13,16H,6-9,11H2,1-3H3,(H2,30,31,33). The second-order valence-electron chi connectivity index (χ2n) is 8.99. The van der Waals surface area contributed by atoms with E-state index in [1.165, 1.54) is 0 Å². The second kappa shape index (κ2) is 9.52. The van der Waals surface area contributed by atoms with Crippen molar-refractivity contribution in [2.75, 3.05) is 33.1 Å². The van der Waals surface area contributed by atoms with Crippen LogP contribution in [-0.2, 0) is 5.41 Å². The Morgan fingerprint density at radius 2 is 1.60 bits per heavy atom. The van der Waals surface area contributed by atoms with E-state index in [-0.39, 0.29) is 17.5 Å². The maximum Gasteiger partial charge on any atom is 0.319 e. The van der Waals surface area contributed by atoms with Crippen molar-refractivity contribution in [2.45, 2.75) is 43.2 Å². The van der Waals surface area contributed by atoms with Gasteiger partial charge in [-0.2, -0.15) is 0 Å². The fourth-order valence-electron chi connectivity index (χ4n) is 5.44. The van der Waals surface area contributed by atoms with Gasteiger partial charge in [-0.15, -0.1) is 0 Å². The number of ether oxygens (including phenoxy) is 2. The van der Waals surface area contributed by atoms with E-state index in [0.717, 1.165) is 18.5 Å². The average Bonchev–Trinajstić information content (AvgIpc) is 3.20. The lowest BCUT2D eigenvalue weighted by Gasteiger charge is -2.45. The van der Waals surface area contributed by atoms with Gasteiger partial charge in [-0.1, -0.05) is 6.07 Å². The van der Waals surface area contributed by atoms with Gasteiger partial charge >= 0.3 is 6.03 Å². The molecule has 2 aromatic rings. The highest BCUT2D eigenvalue weighted by atomic mass is 19.2. The van der Waals surface area contributed by atoms with Crippen LogP contribution in [0, 0.1) is 29.1 Å². The van der Waals surface area contributed by atoms with E-state index < -0.39 is 40.8 Å². The van der Waals surface area contributed by atoms with Crippen molar-refractivity contribution in [3.05, 3.63) is 52.8 Å². The fourth-order valence-corrected chi connectivity index (χ4v) is 5.44. The second-order valence-corrected chi connectivity index (χ2v) is 8.99. The molecule has 3 atom stereocenters. The minimum absolute atomic E-state index is 0.0498. The minimum Gasteiger partial charge on any atom is -0.493 e. The van der Waals surface area contributed by atoms with Crippen molar-refractivity contribution in [1.82, 2.24) is 10.2 Å². The van der Waals surface area contributed by atoms with Crippen LogP contribution in [0.3, 0.4) is 0 Å². The van der Waals surface area contributed by atoms with Crippen LogP contribution in [0.25, 0.3) is 0 Å². The van der Waals surface area contributed by atoms with Gasteiger partial charge in [-0.05, 0) is 57.0 Å². The zero-order valence-electron chi connectivity index (χ0n) is 19.5. The zero-order chi connectivity index (χ0) is 25.5. The first kappa shape index (κ1) is 25.0. The van der Waals surface area contributed by atoms with Crippen LogP contribution in [0.15, 0.2) is 18.2 Å². The topological polar surface area (TPSA) is 62.8 Å². The number of amides is 2. The molecule has 2 amide bonds. The third-order valence-corrected chi connectivity index (χ3v) is 7.27. The Bertz CT molecular complexity index is 1120. The highest BCUT2D eigenvalue weighted by molar-refractivity contribution is 5.89. The number of carbonyl (C=O) groups is 1. The van der Waals surface area contributed by atoms with Gasteiger partial charge in [0.1, 0.15) is 5.69 Å². The van der Waals surface area contributed by atoms with Crippen molar-refractivity contribution in [1.29, 1.82) is 0 Å². The van der Waals surface area contributed by atoms with Crippen molar-refractivity contribution in [2.24, 2.45) is 0 Å². The molecule has 1 aliphatic carbocycles. The summed E-state index contributed by atoms with van der Waals surface area (Å²) in [6, 6.07) is 4.48. The monoisotopic (exact) mass is 499 g/mol. The van der Waals surface area contributed by atoms with E-state index in [9.17, 15) is 26.7 Å². The van der Waals surface area contributed by atoms with E-state index >= 15 is 0 Å². The van der Waals surface area contributed by atoms with Gasteiger partial charge in [0.2, 0.25) is 5.82 Å². The first-order valence-electron chi connectivity index (χ1n) is 11.1. The molecule has 0 spiro atoms.